The molecule has 1 fully saturated rings. The van der Waals surface area contributed by atoms with Gasteiger partial charge in [-0.05, 0) is 53.0 Å². The molecule has 0 radical (unpaired) electrons. The largest absolute Gasteiger partial charge is 0.357 e. The van der Waals surface area contributed by atoms with E-state index in [2.05, 4.69) is 79.7 Å². The van der Waals surface area contributed by atoms with Gasteiger partial charge in [0.05, 0.1) is 6.54 Å². The van der Waals surface area contributed by atoms with Gasteiger partial charge in [-0.25, -0.2) is 0 Å². The lowest BCUT2D eigenvalue weighted by Gasteiger charge is -2.33. The Kier molecular flexibility index (Phi) is 8.58. The first-order chi connectivity index (χ1) is 12.9. The second kappa shape index (κ2) is 10.7. The molecule has 1 aromatic rings. The number of aryl methyl sites for hydroxylation is 1. The van der Waals surface area contributed by atoms with Crippen LogP contribution in [0.1, 0.15) is 51.7 Å². The van der Waals surface area contributed by atoms with Crippen molar-refractivity contribution in [3.05, 3.63) is 35.4 Å². The maximum absolute atomic E-state index is 4.73. The molecule has 0 saturated carbocycles. The Balaban J connectivity index is 1.76. The maximum Gasteiger partial charge on any atom is 0.191 e. The van der Waals surface area contributed by atoms with Crippen molar-refractivity contribution in [2.24, 2.45) is 4.99 Å². The first kappa shape index (κ1) is 21.7. The second-order valence-electron chi connectivity index (χ2n) is 8.62. The molecule has 1 heterocycles. The van der Waals surface area contributed by atoms with E-state index in [-0.39, 0.29) is 5.54 Å². The van der Waals surface area contributed by atoms with Crippen LogP contribution >= 0.6 is 0 Å². The van der Waals surface area contributed by atoms with Crippen molar-refractivity contribution in [1.29, 1.82) is 0 Å². The molecule has 1 aromatic carbocycles. The van der Waals surface area contributed by atoms with Crippen LogP contribution in [0, 0.1) is 6.92 Å². The van der Waals surface area contributed by atoms with Crippen molar-refractivity contribution in [1.82, 2.24) is 20.9 Å². The second-order valence-corrected chi connectivity index (χ2v) is 8.62. The number of guanidine groups is 1. The highest BCUT2D eigenvalue weighted by molar-refractivity contribution is 5.80. The summed E-state index contributed by atoms with van der Waals surface area (Å²) in [7, 11) is 0. The molecule has 5 nitrogen and oxygen atoms in total. The van der Waals surface area contributed by atoms with Crippen LogP contribution < -0.4 is 16.0 Å². The number of nitrogens with zero attached hydrogens (tertiary/aromatic N) is 2. The van der Waals surface area contributed by atoms with E-state index in [1.807, 2.05) is 0 Å². The molecule has 2 rings (SSSR count). The monoisotopic (exact) mass is 373 g/mol. The zero-order chi connectivity index (χ0) is 19.7. The molecule has 5 heteroatoms. The van der Waals surface area contributed by atoms with Crippen molar-refractivity contribution < 1.29 is 0 Å². The van der Waals surface area contributed by atoms with Crippen LogP contribution in [-0.4, -0.2) is 55.2 Å². The number of benzene rings is 1. The SMILES string of the molecule is CCNC(=NCCNC(C)(C)C)NC1CCN(Cc2cccc(C)c2)CC1. The van der Waals surface area contributed by atoms with Gasteiger partial charge in [-0.3, -0.25) is 9.89 Å². The summed E-state index contributed by atoms with van der Waals surface area (Å²) < 4.78 is 0. The molecule has 3 N–H and O–H groups in total. The molecule has 27 heavy (non-hydrogen) atoms. The summed E-state index contributed by atoms with van der Waals surface area (Å²) in [5, 5.41) is 10.5. The van der Waals surface area contributed by atoms with Gasteiger partial charge >= 0.3 is 0 Å². The molecule has 0 aromatic heterocycles. The highest BCUT2D eigenvalue weighted by Crippen LogP contribution is 2.14. The van der Waals surface area contributed by atoms with Crippen LogP contribution in [0.4, 0.5) is 0 Å². The van der Waals surface area contributed by atoms with Gasteiger partial charge in [0.2, 0.25) is 0 Å². The summed E-state index contributed by atoms with van der Waals surface area (Å²) in [6.45, 7) is 16.8. The Morgan fingerprint density at radius 2 is 1.96 bits per heavy atom. The Morgan fingerprint density at radius 3 is 2.59 bits per heavy atom. The third-order valence-corrected chi connectivity index (χ3v) is 4.80. The first-order valence-corrected chi connectivity index (χ1v) is 10.4. The average Bonchev–Trinajstić information content (AvgIpc) is 2.60. The Morgan fingerprint density at radius 1 is 1.22 bits per heavy atom. The van der Waals surface area contributed by atoms with Gasteiger partial charge in [0.1, 0.15) is 0 Å². The van der Waals surface area contributed by atoms with E-state index in [0.29, 0.717) is 6.04 Å². The smallest absolute Gasteiger partial charge is 0.191 e. The lowest BCUT2D eigenvalue weighted by atomic mass is 10.0. The highest BCUT2D eigenvalue weighted by atomic mass is 15.2. The highest BCUT2D eigenvalue weighted by Gasteiger charge is 2.20. The molecule has 152 valence electrons. The minimum atomic E-state index is 0.144. The quantitative estimate of drug-likeness (QED) is 0.391. The number of likely N-dealkylation sites (tertiary alicyclic amines) is 1. The Hall–Kier alpha value is -1.59. The van der Waals surface area contributed by atoms with Crippen LogP contribution in [0.2, 0.25) is 0 Å². The Labute approximate surface area is 166 Å². The van der Waals surface area contributed by atoms with Crippen molar-refractivity contribution in [3.63, 3.8) is 0 Å². The molecule has 0 unspecified atom stereocenters. The van der Waals surface area contributed by atoms with E-state index < -0.39 is 0 Å². The zero-order valence-electron chi connectivity index (χ0n) is 17.9. The standard InChI is InChI=1S/C22H39N5/c1-6-23-21(24-12-13-25-22(3,4)5)26-20-10-14-27(15-11-20)17-19-9-7-8-18(2)16-19/h7-9,16,20,25H,6,10-15,17H2,1-5H3,(H2,23,24,26). The van der Waals surface area contributed by atoms with Gasteiger partial charge in [-0.15, -0.1) is 0 Å². The van der Waals surface area contributed by atoms with Crippen molar-refractivity contribution in [3.8, 4) is 0 Å². The van der Waals surface area contributed by atoms with Crippen LogP contribution in [0.5, 0.6) is 0 Å². The van der Waals surface area contributed by atoms with Crippen LogP contribution in [-0.2, 0) is 6.54 Å². The van der Waals surface area contributed by atoms with E-state index in [4.69, 9.17) is 4.99 Å². The van der Waals surface area contributed by atoms with E-state index >= 15 is 0 Å². The topological polar surface area (TPSA) is 51.7 Å². The van der Waals surface area contributed by atoms with Crippen LogP contribution in [0.25, 0.3) is 0 Å². The molecule has 0 amide bonds. The minimum absolute atomic E-state index is 0.144. The average molecular weight is 374 g/mol. The number of hydrogen-bond acceptors (Lipinski definition) is 3. The van der Waals surface area contributed by atoms with E-state index in [1.54, 1.807) is 0 Å². The van der Waals surface area contributed by atoms with Crippen molar-refractivity contribution in [2.45, 2.75) is 65.6 Å². The number of hydrogen-bond donors (Lipinski definition) is 3. The predicted molar refractivity (Wildman–Crippen MR) is 116 cm³/mol. The van der Waals surface area contributed by atoms with Gasteiger partial charge in [-0.1, -0.05) is 29.8 Å². The van der Waals surface area contributed by atoms with Crippen molar-refractivity contribution >= 4 is 5.96 Å². The van der Waals surface area contributed by atoms with Gasteiger partial charge in [0.15, 0.2) is 5.96 Å². The van der Waals surface area contributed by atoms with Gasteiger partial charge < -0.3 is 16.0 Å². The summed E-state index contributed by atoms with van der Waals surface area (Å²) >= 11 is 0. The summed E-state index contributed by atoms with van der Waals surface area (Å²) in [6, 6.07) is 9.36. The lowest BCUT2D eigenvalue weighted by molar-refractivity contribution is 0.198. The first-order valence-electron chi connectivity index (χ1n) is 10.4. The molecule has 0 aliphatic carbocycles. The molecule has 1 aliphatic rings. The summed E-state index contributed by atoms with van der Waals surface area (Å²) in [6.07, 6.45) is 2.33. The van der Waals surface area contributed by atoms with Gasteiger partial charge in [-0.2, -0.15) is 0 Å². The van der Waals surface area contributed by atoms with E-state index in [9.17, 15) is 0 Å². The number of piperidine rings is 1. The molecule has 0 spiro atoms. The fraction of sp³-hybridized carbons (Fsp3) is 0.682. The third kappa shape index (κ3) is 8.76. The van der Waals surface area contributed by atoms with Crippen LogP contribution in [0.15, 0.2) is 29.3 Å². The summed E-state index contributed by atoms with van der Waals surface area (Å²) in [5.41, 5.74) is 2.91. The molecule has 0 atom stereocenters. The van der Waals surface area contributed by atoms with E-state index in [0.717, 1.165) is 58.1 Å². The molecular weight excluding hydrogens is 334 g/mol. The number of rotatable bonds is 7. The summed E-state index contributed by atoms with van der Waals surface area (Å²) in [5.74, 6) is 0.949. The Bertz CT molecular complexity index is 583. The van der Waals surface area contributed by atoms with Gasteiger partial charge in [0.25, 0.3) is 0 Å². The normalized spacial score (nSPS) is 17.1. The number of nitrogens with one attached hydrogen (secondary N) is 3. The molecule has 1 saturated heterocycles. The molecular formula is C22H39N5. The summed E-state index contributed by atoms with van der Waals surface area (Å²) in [4.78, 5) is 7.29. The number of aliphatic imine (C=N–C) groups is 1. The predicted octanol–water partition coefficient (Wildman–Crippen LogP) is 2.90. The molecule has 0 bridgehead atoms. The lowest BCUT2D eigenvalue weighted by Crippen LogP contribution is -2.48. The minimum Gasteiger partial charge on any atom is -0.357 e. The fourth-order valence-corrected chi connectivity index (χ4v) is 3.42. The maximum atomic E-state index is 4.73. The van der Waals surface area contributed by atoms with Crippen molar-refractivity contribution in [2.75, 3.05) is 32.7 Å². The van der Waals surface area contributed by atoms with Crippen LogP contribution in [0.3, 0.4) is 0 Å². The zero-order valence-corrected chi connectivity index (χ0v) is 17.9. The fourth-order valence-electron chi connectivity index (χ4n) is 3.42. The van der Waals surface area contributed by atoms with Gasteiger partial charge in [0, 0.05) is 44.3 Å². The third-order valence-electron chi connectivity index (χ3n) is 4.80. The van der Waals surface area contributed by atoms with E-state index in [1.165, 1.54) is 11.1 Å². The molecule has 1 aliphatic heterocycles.